The van der Waals surface area contributed by atoms with Crippen LogP contribution in [0.1, 0.15) is 25.3 Å². The quantitative estimate of drug-likeness (QED) is 0.902. The van der Waals surface area contributed by atoms with Gasteiger partial charge in [0.1, 0.15) is 10.8 Å². The molecule has 100 valence electrons. The van der Waals surface area contributed by atoms with Crippen LogP contribution in [0.4, 0.5) is 5.95 Å². The molecule has 1 heterocycles. The maximum Gasteiger partial charge on any atom is 0.243 e. The highest BCUT2D eigenvalue weighted by Crippen LogP contribution is 2.27. The van der Waals surface area contributed by atoms with Gasteiger partial charge in [-0.15, -0.1) is 0 Å². The Hall–Kier alpha value is -1.81. The summed E-state index contributed by atoms with van der Waals surface area (Å²) in [6.45, 7) is 2.18. The van der Waals surface area contributed by atoms with E-state index in [0.717, 1.165) is 6.42 Å². The molecule has 0 amide bonds. The Morgan fingerprint density at radius 2 is 2.00 bits per heavy atom. The SMILES string of the molecule is CCCCc1ccc(Oc2nc(N)ncc2Cl)cc1. The Labute approximate surface area is 117 Å². The molecule has 0 aliphatic rings. The van der Waals surface area contributed by atoms with E-state index in [1.165, 1.54) is 24.6 Å². The maximum absolute atomic E-state index is 5.94. The molecule has 0 atom stereocenters. The number of ether oxygens (including phenoxy) is 1. The van der Waals surface area contributed by atoms with Gasteiger partial charge in [-0.05, 0) is 30.5 Å². The smallest absolute Gasteiger partial charge is 0.243 e. The van der Waals surface area contributed by atoms with Crippen LogP contribution in [0.3, 0.4) is 0 Å². The lowest BCUT2D eigenvalue weighted by Gasteiger charge is -2.07. The number of aryl methyl sites for hydroxylation is 1. The third-order valence-corrected chi connectivity index (χ3v) is 2.95. The highest BCUT2D eigenvalue weighted by Gasteiger charge is 2.06. The second-order valence-electron chi connectivity index (χ2n) is 4.23. The van der Waals surface area contributed by atoms with Crippen molar-refractivity contribution in [3.05, 3.63) is 41.0 Å². The number of nitrogen functional groups attached to an aromatic ring is 1. The zero-order valence-electron chi connectivity index (χ0n) is 10.8. The summed E-state index contributed by atoms with van der Waals surface area (Å²) < 4.78 is 5.59. The molecular formula is C14H16ClN3O. The number of rotatable bonds is 5. The van der Waals surface area contributed by atoms with Gasteiger partial charge in [0.15, 0.2) is 0 Å². The average molecular weight is 278 g/mol. The molecule has 0 aliphatic carbocycles. The average Bonchev–Trinajstić information content (AvgIpc) is 2.42. The summed E-state index contributed by atoms with van der Waals surface area (Å²) in [5.74, 6) is 1.09. The van der Waals surface area contributed by atoms with Gasteiger partial charge >= 0.3 is 0 Å². The van der Waals surface area contributed by atoms with E-state index >= 15 is 0 Å². The Kier molecular flexibility index (Phi) is 4.58. The van der Waals surface area contributed by atoms with Crippen molar-refractivity contribution in [1.82, 2.24) is 9.97 Å². The first kappa shape index (κ1) is 13.6. The molecule has 2 rings (SSSR count). The van der Waals surface area contributed by atoms with Crippen LogP contribution in [-0.4, -0.2) is 9.97 Å². The summed E-state index contributed by atoms with van der Waals surface area (Å²) in [4.78, 5) is 7.74. The van der Waals surface area contributed by atoms with Gasteiger partial charge in [-0.3, -0.25) is 0 Å². The Bertz CT molecular complexity index is 543. The Morgan fingerprint density at radius 1 is 1.26 bits per heavy atom. The number of nitrogens with two attached hydrogens (primary N) is 1. The molecule has 0 saturated carbocycles. The number of benzene rings is 1. The van der Waals surface area contributed by atoms with Crippen molar-refractivity contribution >= 4 is 17.5 Å². The number of hydrogen-bond acceptors (Lipinski definition) is 4. The van der Waals surface area contributed by atoms with Gasteiger partial charge in [0, 0.05) is 0 Å². The largest absolute Gasteiger partial charge is 0.437 e. The first-order chi connectivity index (χ1) is 9.19. The number of hydrogen-bond donors (Lipinski definition) is 1. The maximum atomic E-state index is 5.94. The van der Waals surface area contributed by atoms with Crippen LogP contribution in [0.5, 0.6) is 11.6 Å². The normalized spacial score (nSPS) is 10.4. The lowest BCUT2D eigenvalue weighted by molar-refractivity contribution is 0.462. The van der Waals surface area contributed by atoms with E-state index in [4.69, 9.17) is 22.1 Å². The van der Waals surface area contributed by atoms with Crippen LogP contribution in [0.2, 0.25) is 5.02 Å². The zero-order valence-corrected chi connectivity index (χ0v) is 11.5. The predicted molar refractivity (Wildman–Crippen MR) is 76.6 cm³/mol. The molecule has 5 heteroatoms. The van der Waals surface area contributed by atoms with Gasteiger partial charge in [0.05, 0.1) is 6.20 Å². The van der Waals surface area contributed by atoms with Crippen LogP contribution < -0.4 is 10.5 Å². The summed E-state index contributed by atoms with van der Waals surface area (Å²) in [5.41, 5.74) is 6.79. The molecule has 2 aromatic rings. The molecular weight excluding hydrogens is 262 g/mol. The van der Waals surface area contributed by atoms with Crippen LogP contribution in [-0.2, 0) is 6.42 Å². The minimum absolute atomic E-state index is 0.138. The number of unbranched alkanes of at least 4 members (excludes halogenated alkanes) is 1. The summed E-state index contributed by atoms with van der Waals surface area (Å²) in [6, 6.07) is 7.89. The van der Waals surface area contributed by atoms with Gasteiger partial charge in [-0.1, -0.05) is 37.1 Å². The van der Waals surface area contributed by atoms with E-state index in [2.05, 4.69) is 16.9 Å². The van der Waals surface area contributed by atoms with Crippen molar-refractivity contribution in [2.75, 3.05) is 5.73 Å². The van der Waals surface area contributed by atoms with Crippen LogP contribution in [0.25, 0.3) is 0 Å². The second-order valence-corrected chi connectivity index (χ2v) is 4.64. The molecule has 0 aliphatic heterocycles. The highest BCUT2D eigenvalue weighted by molar-refractivity contribution is 6.31. The molecule has 0 fully saturated rings. The topological polar surface area (TPSA) is 61.0 Å². The minimum Gasteiger partial charge on any atom is -0.437 e. The fourth-order valence-corrected chi connectivity index (χ4v) is 1.78. The van der Waals surface area contributed by atoms with E-state index < -0.39 is 0 Å². The number of aromatic nitrogens is 2. The van der Waals surface area contributed by atoms with Crippen LogP contribution in [0, 0.1) is 0 Å². The lowest BCUT2D eigenvalue weighted by Crippen LogP contribution is -1.97. The molecule has 1 aromatic carbocycles. The van der Waals surface area contributed by atoms with Gasteiger partial charge in [0.2, 0.25) is 11.8 Å². The van der Waals surface area contributed by atoms with Crippen molar-refractivity contribution in [2.45, 2.75) is 26.2 Å². The third kappa shape index (κ3) is 3.83. The van der Waals surface area contributed by atoms with E-state index in [1.54, 1.807) is 0 Å². The Morgan fingerprint density at radius 3 is 2.68 bits per heavy atom. The zero-order chi connectivity index (χ0) is 13.7. The van der Waals surface area contributed by atoms with Gasteiger partial charge in [0.25, 0.3) is 0 Å². The number of nitrogens with zero attached hydrogens (tertiary/aromatic N) is 2. The van der Waals surface area contributed by atoms with Gasteiger partial charge in [-0.2, -0.15) is 4.98 Å². The summed E-state index contributed by atoms with van der Waals surface area (Å²) >= 11 is 5.94. The first-order valence-corrected chi connectivity index (χ1v) is 6.61. The summed E-state index contributed by atoms with van der Waals surface area (Å²) in [7, 11) is 0. The van der Waals surface area contributed by atoms with Crippen LogP contribution in [0.15, 0.2) is 30.5 Å². The number of halogens is 1. The summed E-state index contributed by atoms with van der Waals surface area (Å²) in [5, 5.41) is 0.337. The standard InChI is InChI=1S/C14H16ClN3O/c1-2-3-4-10-5-7-11(8-6-10)19-13-12(15)9-17-14(16)18-13/h5-9H,2-4H2,1H3,(H2,16,17,18). The second kappa shape index (κ2) is 6.38. The molecule has 1 aromatic heterocycles. The van der Waals surface area contributed by atoms with Crippen molar-refractivity contribution < 1.29 is 4.74 Å². The molecule has 2 N–H and O–H groups in total. The van der Waals surface area contributed by atoms with E-state index in [-0.39, 0.29) is 11.8 Å². The predicted octanol–water partition coefficient (Wildman–Crippen LogP) is 3.85. The molecule has 0 spiro atoms. The molecule has 0 unspecified atom stereocenters. The molecule has 19 heavy (non-hydrogen) atoms. The summed E-state index contributed by atoms with van der Waals surface area (Å²) in [6.07, 6.45) is 4.88. The fraction of sp³-hybridized carbons (Fsp3) is 0.286. The van der Waals surface area contributed by atoms with Crippen molar-refractivity contribution in [1.29, 1.82) is 0 Å². The lowest BCUT2D eigenvalue weighted by atomic mass is 10.1. The highest BCUT2D eigenvalue weighted by atomic mass is 35.5. The molecule has 0 radical (unpaired) electrons. The first-order valence-electron chi connectivity index (χ1n) is 6.24. The van der Waals surface area contributed by atoms with Crippen molar-refractivity contribution in [2.24, 2.45) is 0 Å². The fourth-order valence-electron chi connectivity index (χ4n) is 1.65. The van der Waals surface area contributed by atoms with Crippen LogP contribution >= 0.6 is 11.6 Å². The van der Waals surface area contributed by atoms with E-state index in [9.17, 15) is 0 Å². The number of anilines is 1. The molecule has 0 saturated heterocycles. The van der Waals surface area contributed by atoms with E-state index in [1.807, 2.05) is 24.3 Å². The van der Waals surface area contributed by atoms with Gasteiger partial charge in [-0.25, -0.2) is 4.98 Å². The molecule has 4 nitrogen and oxygen atoms in total. The van der Waals surface area contributed by atoms with E-state index in [0.29, 0.717) is 10.8 Å². The third-order valence-electron chi connectivity index (χ3n) is 2.69. The molecule has 0 bridgehead atoms. The van der Waals surface area contributed by atoms with Gasteiger partial charge < -0.3 is 10.5 Å². The van der Waals surface area contributed by atoms with Crippen molar-refractivity contribution in [3.63, 3.8) is 0 Å². The van der Waals surface area contributed by atoms with Crippen molar-refractivity contribution in [3.8, 4) is 11.6 Å². The monoisotopic (exact) mass is 277 g/mol. The Balaban J connectivity index is 2.08. The minimum atomic E-state index is 0.138.